The maximum absolute atomic E-state index is 13.4. The van der Waals surface area contributed by atoms with E-state index in [0.717, 1.165) is 9.67 Å². The Balaban J connectivity index is 1.90. The maximum Gasteiger partial charge on any atom is 0.269 e. The normalized spacial score (nSPS) is 11.5. The first-order valence-corrected chi connectivity index (χ1v) is 11.4. The number of anilines is 2. The summed E-state index contributed by atoms with van der Waals surface area (Å²) in [5.74, 6) is -0.304. The van der Waals surface area contributed by atoms with Crippen LogP contribution in [0.1, 0.15) is 16.1 Å². The number of carbonyl (C=O) groups is 1. The number of rotatable bonds is 5. The third-order valence-corrected chi connectivity index (χ3v) is 6.81. The van der Waals surface area contributed by atoms with Crippen LogP contribution in [0.25, 0.3) is 10.9 Å². The maximum atomic E-state index is 13.4. The van der Waals surface area contributed by atoms with E-state index in [9.17, 15) is 13.2 Å². The minimum Gasteiger partial charge on any atom is -0.353 e. The number of aryl methyl sites for hydroxylation is 1. The molecule has 1 N–H and O–H groups in total. The van der Waals surface area contributed by atoms with Gasteiger partial charge in [0.2, 0.25) is 0 Å². The van der Waals surface area contributed by atoms with E-state index in [1.54, 1.807) is 44.4 Å². The SMILES string of the molecule is Cc1ccc(Nc2ccc3c(C(=O)N(C)C)cn(S(=O)(=O)c4cccnc4)c3c2)c(Cl)n1. The van der Waals surface area contributed by atoms with E-state index in [4.69, 9.17) is 11.6 Å². The van der Waals surface area contributed by atoms with Crippen molar-refractivity contribution < 1.29 is 13.2 Å². The molecular formula is C22H20ClN5O3S. The minimum atomic E-state index is -3.99. The molecule has 32 heavy (non-hydrogen) atoms. The number of amides is 1. The molecule has 3 aromatic heterocycles. The summed E-state index contributed by atoms with van der Waals surface area (Å²) in [6.07, 6.45) is 4.11. The zero-order valence-electron chi connectivity index (χ0n) is 17.6. The summed E-state index contributed by atoms with van der Waals surface area (Å²) in [6, 6.07) is 11.7. The molecule has 4 rings (SSSR count). The van der Waals surface area contributed by atoms with Gasteiger partial charge in [0.05, 0.1) is 16.8 Å². The van der Waals surface area contributed by atoms with Gasteiger partial charge in [-0.3, -0.25) is 9.78 Å². The van der Waals surface area contributed by atoms with Crippen LogP contribution in [0.3, 0.4) is 0 Å². The fourth-order valence-corrected chi connectivity index (χ4v) is 4.84. The summed E-state index contributed by atoms with van der Waals surface area (Å²) in [5.41, 5.74) is 2.57. The molecule has 0 spiro atoms. The number of hydrogen-bond acceptors (Lipinski definition) is 6. The van der Waals surface area contributed by atoms with Crippen LogP contribution in [0.5, 0.6) is 0 Å². The topological polar surface area (TPSA) is 97.2 Å². The molecule has 3 heterocycles. The van der Waals surface area contributed by atoms with Crippen molar-refractivity contribution in [1.82, 2.24) is 18.8 Å². The molecule has 0 radical (unpaired) electrons. The Morgan fingerprint density at radius 2 is 1.94 bits per heavy atom. The highest BCUT2D eigenvalue weighted by atomic mass is 35.5. The average molecular weight is 470 g/mol. The zero-order valence-corrected chi connectivity index (χ0v) is 19.1. The molecule has 0 aliphatic carbocycles. The first-order valence-electron chi connectivity index (χ1n) is 9.61. The molecule has 0 aliphatic heterocycles. The monoisotopic (exact) mass is 469 g/mol. The molecule has 0 saturated carbocycles. The molecule has 1 aromatic carbocycles. The van der Waals surface area contributed by atoms with Gasteiger partial charge in [-0.1, -0.05) is 11.6 Å². The van der Waals surface area contributed by atoms with E-state index in [1.165, 1.54) is 29.6 Å². The summed E-state index contributed by atoms with van der Waals surface area (Å²) in [6.45, 7) is 1.83. The lowest BCUT2D eigenvalue weighted by Crippen LogP contribution is -2.21. The predicted molar refractivity (Wildman–Crippen MR) is 124 cm³/mol. The lowest BCUT2D eigenvalue weighted by Gasteiger charge is -2.11. The smallest absolute Gasteiger partial charge is 0.269 e. The molecule has 0 aliphatic rings. The molecule has 0 bridgehead atoms. The van der Waals surface area contributed by atoms with Gasteiger partial charge in [0, 0.05) is 49.5 Å². The number of benzene rings is 1. The fourth-order valence-electron chi connectivity index (χ4n) is 3.27. The molecule has 0 unspecified atom stereocenters. The highest BCUT2D eigenvalue weighted by molar-refractivity contribution is 7.90. The second-order valence-electron chi connectivity index (χ2n) is 7.38. The van der Waals surface area contributed by atoms with E-state index < -0.39 is 10.0 Å². The molecule has 164 valence electrons. The van der Waals surface area contributed by atoms with Crippen molar-refractivity contribution in [2.75, 3.05) is 19.4 Å². The largest absolute Gasteiger partial charge is 0.353 e. The summed E-state index contributed by atoms with van der Waals surface area (Å²) < 4.78 is 27.8. The molecule has 8 nitrogen and oxygen atoms in total. The van der Waals surface area contributed by atoms with Crippen molar-refractivity contribution in [2.45, 2.75) is 11.8 Å². The third-order valence-electron chi connectivity index (χ3n) is 4.87. The molecule has 0 saturated heterocycles. The van der Waals surface area contributed by atoms with Crippen molar-refractivity contribution >= 4 is 49.8 Å². The number of carbonyl (C=O) groups excluding carboxylic acids is 1. The van der Waals surface area contributed by atoms with Crippen LogP contribution in [0, 0.1) is 6.92 Å². The Bertz CT molecular complexity index is 1430. The summed E-state index contributed by atoms with van der Waals surface area (Å²) >= 11 is 6.23. The van der Waals surface area contributed by atoms with Crippen LogP contribution in [0.15, 0.2) is 66.0 Å². The first-order chi connectivity index (χ1) is 15.2. The standard InChI is InChI=1S/C22H20ClN5O3S/c1-14-6-9-19(21(23)25-14)26-15-7-8-17-18(22(29)27(2)3)13-28(20(17)11-15)32(30,31)16-5-4-10-24-12-16/h4-13,26H,1-3H3. The van der Waals surface area contributed by atoms with E-state index in [1.807, 2.05) is 13.0 Å². The third kappa shape index (κ3) is 3.92. The van der Waals surface area contributed by atoms with Crippen molar-refractivity contribution in [3.8, 4) is 0 Å². The van der Waals surface area contributed by atoms with Gasteiger partial charge < -0.3 is 10.2 Å². The van der Waals surface area contributed by atoms with E-state index in [-0.39, 0.29) is 16.4 Å². The zero-order chi connectivity index (χ0) is 23.0. The fraction of sp³-hybridized carbons (Fsp3) is 0.136. The van der Waals surface area contributed by atoms with E-state index in [0.29, 0.717) is 27.4 Å². The Morgan fingerprint density at radius 1 is 1.16 bits per heavy atom. The second-order valence-corrected chi connectivity index (χ2v) is 9.55. The van der Waals surface area contributed by atoms with Gasteiger partial charge in [-0.25, -0.2) is 17.4 Å². The lowest BCUT2D eigenvalue weighted by atomic mass is 10.1. The van der Waals surface area contributed by atoms with Crippen molar-refractivity contribution in [3.05, 3.63) is 77.5 Å². The van der Waals surface area contributed by atoms with Crippen LogP contribution >= 0.6 is 11.6 Å². The highest BCUT2D eigenvalue weighted by Crippen LogP contribution is 2.31. The number of hydrogen-bond donors (Lipinski definition) is 1. The van der Waals surface area contributed by atoms with Crippen molar-refractivity contribution in [1.29, 1.82) is 0 Å². The van der Waals surface area contributed by atoms with Gasteiger partial charge in [0.25, 0.3) is 15.9 Å². The van der Waals surface area contributed by atoms with Crippen LogP contribution < -0.4 is 5.32 Å². The number of halogens is 1. The van der Waals surface area contributed by atoms with E-state index >= 15 is 0 Å². The average Bonchev–Trinajstić information content (AvgIpc) is 3.15. The highest BCUT2D eigenvalue weighted by Gasteiger charge is 2.25. The van der Waals surface area contributed by atoms with E-state index in [2.05, 4.69) is 15.3 Å². The Kier molecular flexibility index (Phi) is 5.62. The van der Waals surface area contributed by atoms with Crippen LogP contribution in [0.4, 0.5) is 11.4 Å². The number of aromatic nitrogens is 3. The second kappa shape index (κ2) is 8.25. The number of nitrogens with one attached hydrogen (secondary N) is 1. The molecule has 0 fully saturated rings. The van der Waals surface area contributed by atoms with Gasteiger partial charge in [-0.15, -0.1) is 0 Å². The van der Waals surface area contributed by atoms with Gasteiger partial charge >= 0.3 is 0 Å². The predicted octanol–water partition coefficient (Wildman–Crippen LogP) is 4.08. The van der Waals surface area contributed by atoms with Gasteiger partial charge in [-0.05, 0) is 49.4 Å². The van der Waals surface area contributed by atoms with Gasteiger partial charge in [0.1, 0.15) is 4.90 Å². The molecule has 4 aromatic rings. The lowest BCUT2D eigenvalue weighted by molar-refractivity contribution is 0.0829. The Morgan fingerprint density at radius 3 is 2.59 bits per heavy atom. The summed E-state index contributed by atoms with van der Waals surface area (Å²) in [7, 11) is -0.761. The van der Waals surface area contributed by atoms with Crippen molar-refractivity contribution in [3.63, 3.8) is 0 Å². The van der Waals surface area contributed by atoms with Gasteiger partial charge in [0.15, 0.2) is 5.15 Å². The molecule has 1 amide bonds. The van der Waals surface area contributed by atoms with Gasteiger partial charge in [-0.2, -0.15) is 0 Å². The Labute approximate surface area is 190 Å². The summed E-state index contributed by atoms with van der Waals surface area (Å²) in [4.78, 5) is 22.3. The Hall–Kier alpha value is -3.43. The van der Waals surface area contributed by atoms with Crippen molar-refractivity contribution in [2.24, 2.45) is 0 Å². The van der Waals surface area contributed by atoms with Crippen LogP contribution in [-0.2, 0) is 10.0 Å². The first kappa shape index (κ1) is 21.8. The number of pyridine rings is 2. The number of nitrogens with zero attached hydrogens (tertiary/aromatic N) is 4. The molecule has 10 heteroatoms. The quantitative estimate of drug-likeness (QED) is 0.442. The molecule has 0 atom stereocenters. The minimum absolute atomic E-state index is 0.0184. The van der Waals surface area contributed by atoms with Crippen LogP contribution in [0.2, 0.25) is 5.15 Å². The number of fused-ring (bicyclic) bond motifs is 1. The van der Waals surface area contributed by atoms with Crippen LogP contribution in [-0.4, -0.2) is 47.3 Å². The summed E-state index contributed by atoms with van der Waals surface area (Å²) in [5, 5.41) is 3.97. The molecular weight excluding hydrogens is 450 g/mol.